The molecule has 0 atom stereocenters. The van der Waals surface area contributed by atoms with E-state index in [1.165, 1.54) is 0 Å². The Balaban J connectivity index is 2.54. The van der Waals surface area contributed by atoms with E-state index in [2.05, 4.69) is 10.2 Å². The molecule has 0 unspecified atom stereocenters. The summed E-state index contributed by atoms with van der Waals surface area (Å²) in [5.41, 5.74) is 8.24. The molecule has 0 bridgehead atoms. The number of anilines is 1. The molecule has 1 heterocycles. The summed E-state index contributed by atoms with van der Waals surface area (Å²) >= 11 is 0. The molecule has 64 valence electrons. The lowest BCUT2D eigenvalue weighted by molar-refractivity contribution is 1.04. The molecule has 0 aliphatic carbocycles. The standard InChI is InChI=1S/C10H9N3/c11-9-5-2-1-4-8(9)10-6-3-7-12-13-10/h1-7H,11H2. The second kappa shape index (κ2) is 3.23. The van der Waals surface area contributed by atoms with Crippen LogP contribution in [0.3, 0.4) is 0 Å². The van der Waals surface area contributed by atoms with E-state index in [9.17, 15) is 0 Å². The van der Waals surface area contributed by atoms with Crippen molar-refractivity contribution in [3.63, 3.8) is 0 Å². The first-order valence-corrected chi connectivity index (χ1v) is 4.00. The molecule has 0 fully saturated rings. The smallest absolute Gasteiger partial charge is 0.0950 e. The number of hydrogen-bond acceptors (Lipinski definition) is 3. The molecule has 1 aromatic carbocycles. The van der Waals surface area contributed by atoms with E-state index < -0.39 is 0 Å². The van der Waals surface area contributed by atoms with Crippen molar-refractivity contribution in [3.8, 4) is 11.3 Å². The molecule has 0 saturated carbocycles. The predicted octanol–water partition coefficient (Wildman–Crippen LogP) is 1.73. The van der Waals surface area contributed by atoms with Crippen LogP contribution in [0.25, 0.3) is 11.3 Å². The SMILES string of the molecule is Nc1ccccc1-c1cccnn1. The summed E-state index contributed by atoms with van der Waals surface area (Å²) in [6, 6.07) is 11.3. The highest BCUT2D eigenvalue weighted by atomic mass is 15.1. The van der Waals surface area contributed by atoms with Gasteiger partial charge in [0.1, 0.15) is 0 Å². The molecule has 2 N–H and O–H groups in total. The van der Waals surface area contributed by atoms with Crippen molar-refractivity contribution in [3.05, 3.63) is 42.6 Å². The number of aromatic nitrogens is 2. The zero-order valence-corrected chi connectivity index (χ0v) is 7.01. The Morgan fingerprint density at radius 3 is 2.54 bits per heavy atom. The highest BCUT2D eigenvalue weighted by Crippen LogP contribution is 2.21. The summed E-state index contributed by atoms with van der Waals surface area (Å²) in [6.07, 6.45) is 1.64. The van der Waals surface area contributed by atoms with Crippen LogP contribution in [0, 0.1) is 0 Å². The first-order valence-electron chi connectivity index (χ1n) is 4.00. The van der Waals surface area contributed by atoms with E-state index in [1.54, 1.807) is 6.20 Å². The Hall–Kier alpha value is -1.90. The molecule has 0 radical (unpaired) electrons. The van der Waals surface area contributed by atoms with Crippen molar-refractivity contribution in [2.24, 2.45) is 0 Å². The lowest BCUT2D eigenvalue weighted by Crippen LogP contribution is -1.91. The molecule has 2 rings (SSSR count). The minimum atomic E-state index is 0.725. The average molecular weight is 171 g/mol. The van der Waals surface area contributed by atoms with Crippen LogP contribution < -0.4 is 5.73 Å². The second-order valence-corrected chi connectivity index (χ2v) is 2.70. The maximum absolute atomic E-state index is 5.78. The highest BCUT2D eigenvalue weighted by molar-refractivity contribution is 5.72. The Labute approximate surface area is 76.2 Å². The predicted molar refractivity (Wildman–Crippen MR) is 51.9 cm³/mol. The van der Waals surface area contributed by atoms with Gasteiger partial charge in [-0.05, 0) is 18.2 Å². The monoisotopic (exact) mass is 171 g/mol. The summed E-state index contributed by atoms with van der Waals surface area (Å²) in [5.74, 6) is 0. The van der Waals surface area contributed by atoms with E-state index in [0.29, 0.717) is 0 Å². The van der Waals surface area contributed by atoms with Crippen LogP contribution in [0.15, 0.2) is 42.6 Å². The third-order valence-electron chi connectivity index (χ3n) is 1.81. The van der Waals surface area contributed by atoms with Gasteiger partial charge in [0.2, 0.25) is 0 Å². The normalized spacial score (nSPS) is 9.85. The van der Waals surface area contributed by atoms with E-state index >= 15 is 0 Å². The average Bonchev–Trinajstić information content (AvgIpc) is 2.20. The van der Waals surface area contributed by atoms with Crippen LogP contribution in [0.2, 0.25) is 0 Å². The van der Waals surface area contributed by atoms with Gasteiger partial charge in [0.15, 0.2) is 0 Å². The molecule has 0 amide bonds. The zero-order valence-electron chi connectivity index (χ0n) is 7.01. The van der Waals surface area contributed by atoms with Gasteiger partial charge in [0.05, 0.1) is 5.69 Å². The lowest BCUT2D eigenvalue weighted by atomic mass is 10.1. The number of nitrogens with two attached hydrogens (primary N) is 1. The number of para-hydroxylation sites is 1. The number of nitrogen functional groups attached to an aromatic ring is 1. The van der Waals surface area contributed by atoms with Gasteiger partial charge in [-0.25, -0.2) is 0 Å². The fourth-order valence-corrected chi connectivity index (χ4v) is 1.18. The quantitative estimate of drug-likeness (QED) is 0.665. The minimum Gasteiger partial charge on any atom is -0.398 e. The van der Waals surface area contributed by atoms with Crippen molar-refractivity contribution in [1.29, 1.82) is 0 Å². The molecule has 0 aliphatic heterocycles. The minimum absolute atomic E-state index is 0.725. The maximum Gasteiger partial charge on any atom is 0.0950 e. The maximum atomic E-state index is 5.78. The van der Waals surface area contributed by atoms with Crippen LogP contribution in [-0.2, 0) is 0 Å². The topological polar surface area (TPSA) is 51.8 Å². The third-order valence-corrected chi connectivity index (χ3v) is 1.81. The van der Waals surface area contributed by atoms with Gasteiger partial charge in [0, 0.05) is 17.4 Å². The Kier molecular flexibility index (Phi) is 1.92. The fourth-order valence-electron chi connectivity index (χ4n) is 1.18. The number of benzene rings is 1. The Bertz CT molecular complexity index is 398. The largest absolute Gasteiger partial charge is 0.398 e. The number of rotatable bonds is 1. The Morgan fingerprint density at radius 2 is 1.85 bits per heavy atom. The van der Waals surface area contributed by atoms with Crippen LogP contribution in [-0.4, -0.2) is 10.2 Å². The van der Waals surface area contributed by atoms with E-state index in [4.69, 9.17) is 5.73 Å². The molecule has 3 heteroatoms. The number of hydrogen-bond donors (Lipinski definition) is 1. The molecule has 0 aliphatic rings. The van der Waals surface area contributed by atoms with Crippen molar-refractivity contribution in [1.82, 2.24) is 10.2 Å². The van der Waals surface area contributed by atoms with Crippen molar-refractivity contribution in [2.75, 3.05) is 5.73 Å². The zero-order chi connectivity index (χ0) is 9.10. The van der Waals surface area contributed by atoms with Crippen LogP contribution >= 0.6 is 0 Å². The van der Waals surface area contributed by atoms with E-state index in [-0.39, 0.29) is 0 Å². The van der Waals surface area contributed by atoms with Crippen molar-refractivity contribution in [2.45, 2.75) is 0 Å². The van der Waals surface area contributed by atoms with Crippen LogP contribution in [0.1, 0.15) is 0 Å². The van der Waals surface area contributed by atoms with Crippen LogP contribution in [0.4, 0.5) is 5.69 Å². The molecule has 3 nitrogen and oxygen atoms in total. The van der Waals surface area contributed by atoms with Crippen LogP contribution in [0.5, 0.6) is 0 Å². The van der Waals surface area contributed by atoms with Gasteiger partial charge in [-0.3, -0.25) is 0 Å². The molecule has 13 heavy (non-hydrogen) atoms. The lowest BCUT2D eigenvalue weighted by Gasteiger charge is -2.01. The molecule has 2 aromatic rings. The van der Waals surface area contributed by atoms with Crippen molar-refractivity contribution < 1.29 is 0 Å². The summed E-state index contributed by atoms with van der Waals surface area (Å²) in [7, 11) is 0. The molecular weight excluding hydrogens is 162 g/mol. The van der Waals surface area contributed by atoms with Gasteiger partial charge >= 0.3 is 0 Å². The first-order chi connectivity index (χ1) is 6.38. The summed E-state index contributed by atoms with van der Waals surface area (Å²) in [6.45, 7) is 0. The molecule has 0 spiro atoms. The van der Waals surface area contributed by atoms with Gasteiger partial charge in [-0.2, -0.15) is 10.2 Å². The van der Waals surface area contributed by atoms with E-state index in [1.807, 2.05) is 36.4 Å². The fraction of sp³-hybridized carbons (Fsp3) is 0. The summed E-state index contributed by atoms with van der Waals surface area (Å²) < 4.78 is 0. The van der Waals surface area contributed by atoms with Gasteiger partial charge in [-0.15, -0.1) is 0 Å². The van der Waals surface area contributed by atoms with E-state index in [0.717, 1.165) is 16.9 Å². The highest BCUT2D eigenvalue weighted by Gasteiger charge is 2.01. The Morgan fingerprint density at radius 1 is 1.00 bits per heavy atom. The first kappa shape index (κ1) is 7.73. The molecular formula is C10H9N3. The molecule has 0 saturated heterocycles. The van der Waals surface area contributed by atoms with Gasteiger partial charge in [0.25, 0.3) is 0 Å². The van der Waals surface area contributed by atoms with Crippen molar-refractivity contribution >= 4 is 5.69 Å². The third kappa shape index (κ3) is 1.49. The summed E-state index contributed by atoms with van der Waals surface area (Å²) in [5, 5.41) is 7.78. The molecule has 1 aromatic heterocycles. The number of nitrogens with zero attached hydrogens (tertiary/aromatic N) is 2. The van der Waals surface area contributed by atoms with Gasteiger partial charge in [-0.1, -0.05) is 18.2 Å². The second-order valence-electron chi connectivity index (χ2n) is 2.70. The summed E-state index contributed by atoms with van der Waals surface area (Å²) in [4.78, 5) is 0. The van der Waals surface area contributed by atoms with Gasteiger partial charge < -0.3 is 5.73 Å².